The Morgan fingerprint density at radius 3 is 2.14 bits per heavy atom. The number of thioether (sulfide) groups is 1. The number of ether oxygens (including phenoxy) is 1. The molecular weight excluding hydrogens is 290 g/mol. The molecule has 0 aliphatic carbocycles. The molecule has 0 unspecified atom stereocenters. The molecular formula is C19H21NOS. The zero-order valence-corrected chi connectivity index (χ0v) is 14.0. The third-order valence-electron chi connectivity index (χ3n) is 2.59. The number of para-hydroxylation sites is 2. The van der Waals surface area contributed by atoms with Crippen molar-refractivity contribution < 1.29 is 4.74 Å². The van der Waals surface area contributed by atoms with Gasteiger partial charge in [0.15, 0.2) is 0 Å². The number of aliphatic imine (C=N–C) groups is 1. The van der Waals surface area contributed by atoms with Gasteiger partial charge in [-0.1, -0.05) is 57.2 Å². The van der Waals surface area contributed by atoms with Gasteiger partial charge in [0, 0.05) is 10.8 Å². The summed E-state index contributed by atoms with van der Waals surface area (Å²) in [5, 5.41) is 2.03. The van der Waals surface area contributed by atoms with E-state index in [0.717, 1.165) is 11.4 Å². The van der Waals surface area contributed by atoms with Crippen LogP contribution in [0.5, 0.6) is 5.75 Å². The van der Waals surface area contributed by atoms with Crippen molar-refractivity contribution in [1.29, 1.82) is 0 Å². The minimum absolute atomic E-state index is 0.168. The fourth-order valence-corrected chi connectivity index (χ4v) is 2.22. The topological polar surface area (TPSA) is 21.6 Å². The van der Waals surface area contributed by atoms with Crippen LogP contribution in [0.4, 0.5) is 5.69 Å². The highest BCUT2D eigenvalue weighted by Crippen LogP contribution is 2.24. The third kappa shape index (κ3) is 6.19. The first-order valence-electron chi connectivity index (χ1n) is 7.24. The first-order valence-corrected chi connectivity index (χ1v) is 8.12. The maximum atomic E-state index is 5.88. The van der Waals surface area contributed by atoms with E-state index in [2.05, 4.69) is 25.8 Å². The van der Waals surface area contributed by atoms with Gasteiger partial charge < -0.3 is 4.74 Å². The molecule has 0 heterocycles. The predicted molar refractivity (Wildman–Crippen MR) is 97.1 cm³/mol. The molecule has 0 radical (unpaired) electrons. The Labute approximate surface area is 136 Å². The number of hydrogen-bond acceptors (Lipinski definition) is 3. The molecule has 0 atom stereocenters. The summed E-state index contributed by atoms with van der Waals surface area (Å²) in [5.74, 6) is 1.36. The molecule has 3 heteroatoms. The smallest absolute Gasteiger partial charge is 0.220 e. The summed E-state index contributed by atoms with van der Waals surface area (Å²) in [6.07, 6.45) is 1.91. The Morgan fingerprint density at radius 2 is 1.55 bits per heavy atom. The third-order valence-corrected chi connectivity index (χ3v) is 3.57. The molecule has 22 heavy (non-hydrogen) atoms. The SMILES string of the molecule is CC(C)(C)S/C=C/C(=Nc1ccccc1)Oc1ccccc1. The van der Waals surface area contributed by atoms with E-state index in [-0.39, 0.29) is 4.75 Å². The standard InChI is InChI=1S/C19H21NOS/c1-19(2,3)22-15-14-18(20-16-10-6-4-7-11-16)21-17-12-8-5-9-13-17/h4-15H,1-3H3/b15-14+,20-18?. The maximum absolute atomic E-state index is 5.88. The molecule has 2 aromatic carbocycles. The molecule has 0 saturated heterocycles. The molecule has 2 rings (SSSR count). The van der Waals surface area contributed by atoms with Crippen LogP contribution in [0.2, 0.25) is 0 Å². The Morgan fingerprint density at radius 1 is 0.955 bits per heavy atom. The lowest BCUT2D eigenvalue weighted by molar-refractivity contribution is 0.556. The summed E-state index contributed by atoms with van der Waals surface area (Å²) in [7, 11) is 0. The van der Waals surface area contributed by atoms with Crippen LogP contribution in [0.15, 0.2) is 77.1 Å². The second kappa shape index (κ2) is 7.85. The van der Waals surface area contributed by atoms with E-state index < -0.39 is 0 Å². The Hall–Kier alpha value is -2.00. The van der Waals surface area contributed by atoms with E-state index in [9.17, 15) is 0 Å². The van der Waals surface area contributed by atoms with E-state index in [0.29, 0.717) is 5.90 Å². The second-order valence-electron chi connectivity index (χ2n) is 5.73. The molecule has 0 spiro atoms. The minimum atomic E-state index is 0.168. The molecule has 0 aromatic heterocycles. The van der Waals surface area contributed by atoms with E-state index in [1.54, 1.807) is 11.8 Å². The Balaban J connectivity index is 2.19. The first-order chi connectivity index (χ1) is 10.5. The molecule has 0 aliphatic heterocycles. The monoisotopic (exact) mass is 311 g/mol. The normalized spacial score (nSPS) is 12.6. The molecule has 0 N–H and O–H groups in total. The van der Waals surface area contributed by atoms with Crippen LogP contribution in [0.25, 0.3) is 0 Å². The zero-order valence-electron chi connectivity index (χ0n) is 13.2. The van der Waals surface area contributed by atoms with Crippen LogP contribution >= 0.6 is 11.8 Å². The van der Waals surface area contributed by atoms with Crippen molar-refractivity contribution in [2.75, 3.05) is 0 Å². The summed E-state index contributed by atoms with van der Waals surface area (Å²) in [6.45, 7) is 6.52. The van der Waals surface area contributed by atoms with Crippen molar-refractivity contribution in [2.24, 2.45) is 4.99 Å². The van der Waals surface area contributed by atoms with Gasteiger partial charge in [0.2, 0.25) is 5.90 Å². The van der Waals surface area contributed by atoms with E-state index in [1.165, 1.54) is 0 Å². The number of rotatable bonds is 4. The molecule has 0 amide bonds. The quantitative estimate of drug-likeness (QED) is 0.522. The largest absolute Gasteiger partial charge is 0.439 e. The van der Waals surface area contributed by atoms with Gasteiger partial charge in [-0.05, 0) is 29.7 Å². The number of nitrogens with zero attached hydrogens (tertiary/aromatic N) is 1. The van der Waals surface area contributed by atoms with Crippen molar-refractivity contribution in [3.8, 4) is 5.75 Å². The molecule has 0 saturated carbocycles. The molecule has 0 fully saturated rings. The molecule has 2 aromatic rings. The van der Waals surface area contributed by atoms with E-state index in [4.69, 9.17) is 4.74 Å². The second-order valence-corrected chi connectivity index (χ2v) is 7.47. The zero-order chi connectivity index (χ0) is 15.8. The van der Waals surface area contributed by atoms with Crippen molar-refractivity contribution in [3.63, 3.8) is 0 Å². The lowest BCUT2D eigenvalue weighted by Gasteiger charge is -2.14. The van der Waals surface area contributed by atoms with Gasteiger partial charge in [-0.25, -0.2) is 4.99 Å². The van der Waals surface area contributed by atoms with Crippen LogP contribution in [0.3, 0.4) is 0 Å². The fourth-order valence-electron chi connectivity index (χ4n) is 1.63. The Bertz CT molecular complexity index is 627. The van der Waals surface area contributed by atoms with Crippen LogP contribution in [0, 0.1) is 0 Å². The summed E-state index contributed by atoms with van der Waals surface area (Å²) >= 11 is 1.74. The highest BCUT2D eigenvalue weighted by Gasteiger charge is 2.08. The predicted octanol–water partition coefficient (Wildman–Crippen LogP) is 5.84. The summed E-state index contributed by atoms with van der Waals surface area (Å²) in [5.41, 5.74) is 0.874. The van der Waals surface area contributed by atoms with Crippen molar-refractivity contribution in [1.82, 2.24) is 0 Å². The van der Waals surface area contributed by atoms with E-state index in [1.807, 2.05) is 72.1 Å². The Kier molecular flexibility index (Phi) is 5.84. The molecule has 0 bridgehead atoms. The number of hydrogen-bond donors (Lipinski definition) is 0. The molecule has 0 aliphatic rings. The van der Waals surface area contributed by atoms with Crippen LogP contribution in [0.1, 0.15) is 20.8 Å². The van der Waals surface area contributed by atoms with Gasteiger partial charge in [-0.15, -0.1) is 11.8 Å². The summed E-state index contributed by atoms with van der Waals surface area (Å²) in [6, 6.07) is 19.5. The molecule has 114 valence electrons. The average Bonchev–Trinajstić information content (AvgIpc) is 2.48. The first kappa shape index (κ1) is 16.4. The number of benzene rings is 2. The van der Waals surface area contributed by atoms with Gasteiger partial charge in [-0.3, -0.25) is 0 Å². The lowest BCUT2D eigenvalue weighted by atomic mass is 10.3. The highest BCUT2D eigenvalue weighted by atomic mass is 32.2. The van der Waals surface area contributed by atoms with Gasteiger partial charge in [0.05, 0.1) is 5.69 Å². The summed E-state index contributed by atoms with van der Waals surface area (Å²) in [4.78, 5) is 4.57. The van der Waals surface area contributed by atoms with Crippen molar-refractivity contribution in [3.05, 3.63) is 72.1 Å². The highest BCUT2D eigenvalue weighted by molar-refractivity contribution is 8.03. The van der Waals surface area contributed by atoms with Crippen molar-refractivity contribution >= 4 is 23.3 Å². The fraction of sp³-hybridized carbons (Fsp3) is 0.211. The van der Waals surface area contributed by atoms with Gasteiger partial charge in [0.1, 0.15) is 5.75 Å². The summed E-state index contributed by atoms with van der Waals surface area (Å²) < 4.78 is 6.05. The van der Waals surface area contributed by atoms with Crippen LogP contribution in [-0.2, 0) is 0 Å². The van der Waals surface area contributed by atoms with Gasteiger partial charge >= 0.3 is 0 Å². The average molecular weight is 311 g/mol. The van der Waals surface area contributed by atoms with Crippen molar-refractivity contribution in [2.45, 2.75) is 25.5 Å². The maximum Gasteiger partial charge on any atom is 0.220 e. The lowest BCUT2D eigenvalue weighted by Crippen LogP contribution is -2.07. The minimum Gasteiger partial charge on any atom is -0.439 e. The van der Waals surface area contributed by atoms with Gasteiger partial charge in [0.25, 0.3) is 0 Å². The molecule has 2 nitrogen and oxygen atoms in total. The van der Waals surface area contributed by atoms with Crippen LogP contribution in [-0.4, -0.2) is 10.6 Å². The van der Waals surface area contributed by atoms with E-state index >= 15 is 0 Å². The van der Waals surface area contributed by atoms with Crippen LogP contribution < -0.4 is 4.74 Å². The van der Waals surface area contributed by atoms with Gasteiger partial charge in [-0.2, -0.15) is 0 Å².